The van der Waals surface area contributed by atoms with E-state index in [1.165, 1.54) is 31.4 Å². The van der Waals surface area contributed by atoms with Crippen molar-refractivity contribution in [2.45, 2.75) is 96.9 Å². The molecule has 0 aromatic carbocycles. The molecule has 1 aliphatic rings. The van der Waals surface area contributed by atoms with E-state index in [4.69, 9.17) is 0 Å². The average molecular weight is 442 g/mol. The van der Waals surface area contributed by atoms with Crippen LogP contribution in [-0.2, 0) is 28.7 Å². The summed E-state index contributed by atoms with van der Waals surface area (Å²) in [6.45, 7) is 4.09. The highest BCUT2D eigenvalue weighted by Gasteiger charge is 2.32. The third-order valence-electron chi connectivity index (χ3n) is 4.90. The van der Waals surface area contributed by atoms with Crippen molar-refractivity contribution >= 4 is 27.8 Å². The van der Waals surface area contributed by atoms with E-state index in [-0.39, 0.29) is 25.2 Å². The summed E-state index contributed by atoms with van der Waals surface area (Å²) < 4.78 is 29.3. The van der Waals surface area contributed by atoms with E-state index >= 15 is 0 Å². The van der Waals surface area contributed by atoms with Crippen LogP contribution in [0.4, 0.5) is 0 Å². The minimum absolute atomic E-state index is 0.0585. The van der Waals surface area contributed by atoms with Crippen LogP contribution >= 0.6 is 0 Å². The topological polar surface area (TPSA) is 107 Å². The van der Waals surface area contributed by atoms with Gasteiger partial charge in [-0.05, 0) is 18.9 Å². The van der Waals surface area contributed by atoms with Gasteiger partial charge in [0.2, 0.25) is 5.91 Å². The number of carbonyl (C=O) groups is 3. The molecule has 0 fully saturated rings. The quantitative estimate of drug-likeness (QED) is 0.303. The largest absolute Gasteiger partial charge is 0.345 e. The van der Waals surface area contributed by atoms with Gasteiger partial charge < -0.3 is 9.50 Å². The molecule has 30 heavy (non-hydrogen) atoms. The highest BCUT2D eigenvalue weighted by molar-refractivity contribution is 7.92. The Morgan fingerprint density at radius 2 is 1.67 bits per heavy atom. The zero-order valence-corrected chi connectivity index (χ0v) is 19.0. The predicted octanol–water partition coefficient (Wildman–Crippen LogP) is 4.09. The first kappa shape index (κ1) is 26.1. The Labute approximate surface area is 180 Å². The van der Waals surface area contributed by atoms with Crippen LogP contribution in [0.25, 0.3) is 0 Å². The Balaban J connectivity index is 2.58. The van der Waals surface area contributed by atoms with Gasteiger partial charge in [-0.15, -0.1) is 0 Å². The smallest absolute Gasteiger partial charge is 0.343 e. The predicted molar refractivity (Wildman–Crippen MR) is 116 cm³/mol. The summed E-state index contributed by atoms with van der Waals surface area (Å²) in [5.74, 6) is -1.98. The molecule has 0 aromatic rings. The molecular formula is C22H35NO6S. The summed E-state index contributed by atoms with van der Waals surface area (Å²) in [4.78, 5) is 36.0. The molecule has 0 aliphatic heterocycles. The van der Waals surface area contributed by atoms with Gasteiger partial charge in [-0.1, -0.05) is 77.4 Å². The normalized spacial score (nSPS) is 14.9. The Kier molecular flexibility index (Phi) is 12.3. The van der Waals surface area contributed by atoms with Crippen molar-refractivity contribution in [2.24, 2.45) is 0 Å². The highest BCUT2D eigenvalue weighted by Crippen LogP contribution is 2.18. The van der Waals surface area contributed by atoms with Crippen molar-refractivity contribution in [3.05, 3.63) is 23.1 Å². The number of carbonyl (C=O) groups excluding carboxylic acids is 3. The zero-order valence-electron chi connectivity index (χ0n) is 18.2. The van der Waals surface area contributed by atoms with Gasteiger partial charge in [0.1, 0.15) is 10.9 Å². The maximum atomic E-state index is 12.5. The number of nitrogens with one attached hydrogen (secondary N) is 1. The van der Waals surface area contributed by atoms with Crippen LogP contribution in [0, 0.1) is 0 Å². The summed E-state index contributed by atoms with van der Waals surface area (Å²) in [7, 11) is -4.51. The second kappa shape index (κ2) is 14.1. The van der Waals surface area contributed by atoms with Gasteiger partial charge in [-0.25, -0.2) is 4.79 Å². The highest BCUT2D eigenvalue weighted by atomic mass is 32.2. The maximum absolute atomic E-state index is 12.5. The lowest BCUT2D eigenvalue weighted by Crippen LogP contribution is -2.42. The van der Waals surface area contributed by atoms with Crippen molar-refractivity contribution < 1.29 is 27.0 Å². The second-order valence-corrected chi connectivity index (χ2v) is 9.09. The number of hydrogen-bond acceptors (Lipinski definition) is 6. The fourth-order valence-electron chi connectivity index (χ4n) is 3.12. The monoisotopic (exact) mass is 441 g/mol. The molecular weight excluding hydrogens is 406 g/mol. The maximum Gasteiger partial charge on any atom is 0.345 e. The molecule has 170 valence electrons. The lowest BCUT2D eigenvalue weighted by atomic mass is 10.1. The van der Waals surface area contributed by atoms with E-state index in [9.17, 15) is 22.8 Å². The molecule has 0 saturated heterocycles. The standard InChI is InChI=1S/C22H35NO6S/c1-3-5-7-8-9-10-11-17-21(25)23-18(14-6-4-2)22(26)29-30(27,28)20-16-13-12-15-19(20)24/h12-13,16,18H,3-11,14-15,17H2,1-2H3,(H,23,25). The van der Waals surface area contributed by atoms with Crippen molar-refractivity contribution in [1.29, 1.82) is 0 Å². The third kappa shape index (κ3) is 9.69. The minimum Gasteiger partial charge on any atom is -0.343 e. The van der Waals surface area contributed by atoms with Gasteiger partial charge in [-0.2, -0.15) is 8.42 Å². The molecule has 1 atom stereocenters. The van der Waals surface area contributed by atoms with Crippen molar-refractivity contribution in [1.82, 2.24) is 5.32 Å². The van der Waals surface area contributed by atoms with Crippen LogP contribution in [0.2, 0.25) is 0 Å². The van der Waals surface area contributed by atoms with Crippen molar-refractivity contribution in [3.63, 3.8) is 0 Å². The Hall–Kier alpha value is -1.96. The Morgan fingerprint density at radius 3 is 2.30 bits per heavy atom. The summed E-state index contributed by atoms with van der Waals surface area (Å²) in [5.41, 5.74) is 0. The van der Waals surface area contributed by atoms with Gasteiger partial charge in [0, 0.05) is 12.8 Å². The van der Waals surface area contributed by atoms with Crippen LogP contribution in [-0.4, -0.2) is 32.1 Å². The number of rotatable bonds is 15. The first-order valence-electron chi connectivity index (χ1n) is 11.0. The summed E-state index contributed by atoms with van der Waals surface area (Å²) >= 11 is 0. The lowest BCUT2D eigenvalue weighted by Gasteiger charge is -2.18. The lowest BCUT2D eigenvalue weighted by molar-refractivity contribution is -0.139. The van der Waals surface area contributed by atoms with E-state index in [0.29, 0.717) is 6.42 Å². The number of unbranched alkanes of at least 4 members (excludes halogenated alkanes) is 7. The Bertz CT molecular complexity index is 739. The minimum atomic E-state index is -4.51. The molecule has 1 amide bonds. The fourth-order valence-corrected chi connectivity index (χ4v) is 4.15. The first-order valence-corrected chi connectivity index (χ1v) is 12.4. The molecule has 0 spiro atoms. The summed E-state index contributed by atoms with van der Waals surface area (Å²) in [6, 6.07) is -1.05. The van der Waals surface area contributed by atoms with Crippen LogP contribution in [0.3, 0.4) is 0 Å². The van der Waals surface area contributed by atoms with E-state index in [0.717, 1.165) is 38.2 Å². The van der Waals surface area contributed by atoms with Crippen molar-refractivity contribution in [2.75, 3.05) is 0 Å². The number of Topliss-reactive ketones (excluding diaryl/α,β-unsaturated/α-hetero) is 1. The average Bonchev–Trinajstić information content (AvgIpc) is 2.70. The molecule has 0 saturated carbocycles. The number of ketones is 1. The van der Waals surface area contributed by atoms with Crippen LogP contribution < -0.4 is 5.32 Å². The molecule has 1 rings (SSSR count). The number of allylic oxidation sites excluding steroid dienone is 4. The molecule has 0 aromatic heterocycles. The molecule has 8 heteroatoms. The van der Waals surface area contributed by atoms with E-state index < -0.39 is 32.8 Å². The number of amides is 1. The number of hydrogen-bond donors (Lipinski definition) is 1. The van der Waals surface area contributed by atoms with Crippen LogP contribution in [0.15, 0.2) is 23.1 Å². The van der Waals surface area contributed by atoms with E-state index in [1.807, 2.05) is 6.92 Å². The summed E-state index contributed by atoms with van der Waals surface area (Å²) in [6.07, 6.45) is 13.5. The molecule has 1 N–H and O–H groups in total. The van der Waals surface area contributed by atoms with Gasteiger partial charge in [0.15, 0.2) is 5.78 Å². The van der Waals surface area contributed by atoms with E-state index in [2.05, 4.69) is 16.4 Å². The fraction of sp³-hybridized carbons (Fsp3) is 0.682. The van der Waals surface area contributed by atoms with Crippen LogP contribution in [0.5, 0.6) is 0 Å². The van der Waals surface area contributed by atoms with Gasteiger partial charge in [-0.3, -0.25) is 9.59 Å². The first-order chi connectivity index (χ1) is 14.3. The summed E-state index contributed by atoms with van der Waals surface area (Å²) in [5, 5.41) is 2.60. The van der Waals surface area contributed by atoms with E-state index in [1.54, 1.807) is 0 Å². The molecule has 0 radical (unpaired) electrons. The van der Waals surface area contributed by atoms with Gasteiger partial charge in [0.05, 0.1) is 0 Å². The zero-order chi connectivity index (χ0) is 22.4. The molecule has 1 aliphatic carbocycles. The van der Waals surface area contributed by atoms with Gasteiger partial charge in [0.25, 0.3) is 0 Å². The van der Waals surface area contributed by atoms with Gasteiger partial charge >= 0.3 is 16.1 Å². The molecule has 7 nitrogen and oxygen atoms in total. The molecule has 0 bridgehead atoms. The van der Waals surface area contributed by atoms with Crippen molar-refractivity contribution in [3.8, 4) is 0 Å². The molecule has 0 heterocycles. The Morgan fingerprint density at radius 1 is 1.03 bits per heavy atom. The molecule has 1 unspecified atom stereocenters. The second-order valence-electron chi connectivity index (χ2n) is 7.58. The SMILES string of the molecule is CCCCCCCCCC(=O)NC(CCCC)C(=O)OS(=O)(=O)C1=CC=CCC1=O. The third-order valence-corrected chi connectivity index (χ3v) is 6.18. The van der Waals surface area contributed by atoms with Crippen LogP contribution in [0.1, 0.15) is 90.9 Å².